The SMILES string of the molecule is COc1ccc(CNC(=O)CC2(C(=O)O)CCC2)c(OC2CCCC2)c1. The van der Waals surface area contributed by atoms with Crippen molar-refractivity contribution in [3.05, 3.63) is 23.8 Å². The number of carboxylic acid groups (broad SMARTS) is 1. The van der Waals surface area contributed by atoms with Crippen LogP contribution in [0, 0.1) is 5.41 Å². The van der Waals surface area contributed by atoms with E-state index < -0.39 is 11.4 Å². The summed E-state index contributed by atoms with van der Waals surface area (Å²) in [6, 6.07) is 5.58. The molecule has 0 heterocycles. The molecule has 6 heteroatoms. The van der Waals surface area contributed by atoms with Gasteiger partial charge in [-0.05, 0) is 50.7 Å². The van der Waals surface area contributed by atoms with Gasteiger partial charge in [0.15, 0.2) is 0 Å². The summed E-state index contributed by atoms with van der Waals surface area (Å²) in [6.07, 6.45) is 6.73. The molecular formula is C20H27NO5. The van der Waals surface area contributed by atoms with Crippen LogP contribution in [-0.4, -0.2) is 30.2 Å². The van der Waals surface area contributed by atoms with Gasteiger partial charge < -0.3 is 19.9 Å². The Kier molecular flexibility index (Phi) is 5.69. The number of carbonyl (C=O) groups excluding carboxylic acids is 1. The minimum atomic E-state index is -0.868. The quantitative estimate of drug-likeness (QED) is 0.742. The maximum absolute atomic E-state index is 12.3. The van der Waals surface area contributed by atoms with Gasteiger partial charge in [-0.3, -0.25) is 9.59 Å². The van der Waals surface area contributed by atoms with E-state index in [1.807, 2.05) is 18.2 Å². The summed E-state index contributed by atoms with van der Waals surface area (Å²) in [5, 5.41) is 12.2. The fourth-order valence-corrected chi connectivity index (χ4v) is 3.74. The third-order valence-corrected chi connectivity index (χ3v) is 5.61. The van der Waals surface area contributed by atoms with Gasteiger partial charge in [-0.2, -0.15) is 0 Å². The highest BCUT2D eigenvalue weighted by Crippen LogP contribution is 2.44. The summed E-state index contributed by atoms with van der Waals surface area (Å²) in [6.45, 7) is 0.320. The highest BCUT2D eigenvalue weighted by atomic mass is 16.5. The van der Waals surface area contributed by atoms with Crippen LogP contribution >= 0.6 is 0 Å². The van der Waals surface area contributed by atoms with E-state index in [0.717, 1.165) is 30.6 Å². The average molecular weight is 361 g/mol. The second kappa shape index (κ2) is 7.98. The first kappa shape index (κ1) is 18.5. The van der Waals surface area contributed by atoms with Crippen LogP contribution in [0.1, 0.15) is 56.9 Å². The van der Waals surface area contributed by atoms with Crippen LogP contribution in [0.15, 0.2) is 18.2 Å². The van der Waals surface area contributed by atoms with E-state index in [0.29, 0.717) is 25.1 Å². The number of carbonyl (C=O) groups is 2. The lowest BCUT2D eigenvalue weighted by atomic mass is 9.66. The minimum Gasteiger partial charge on any atom is -0.497 e. The maximum atomic E-state index is 12.3. The van der Waals surface area contributed by atoms with Crippen molar-refractivity contribution in [2.45, 2.75) is 64.0 Å². The molecule has 3 rings (SSSR count). The smallest absolute Gasteiger partial charge is 0.310 e. The molecular weight excluding hydrogens is 334 g/mol. The van der Waals surface area contributed by atoms with Crippen molar-refractivity contribution in [1.29, 1.82) is 0 Å². The van der Waals surface area contributed by atoms with E-state index in [9.17, 15) is 14.7 Å². The lowest BCUT2D eigenvalue weighted by molar-refractivity contribution is -0.157. The molecule has 0 spiro atoms. The molecule has 2 aliphatic rings. The molecule has 2 N–H and O–H groups in total. The van der Waals surface area contributed by atoms with Crippen molar-refractivity contribution in [3.8, 4) is 11.5 Å². The van der Waals surface area contributed by atoms with Crippen LogP contribution in [0.3, 0.4) is 0 Å². The summed E-state index contributed by atoms with van der Waals surface area (Å²) in [4.78, 5) is 23.7. The van der Waals surface area contributed by atoms with Crippen molar-refractivity contribution in [1.82, 2.24) is 5.32 Å². The summed E-state index contributed by atoms with van der Waals surface area (Å²) in [7, 11) is 1.61. The molecule has 0 unspecified atom stereocenters. The van der Waals surface area contributed by atoms with Crippen molar-refractivity contribution in [2.24, 2.45) is 5.41 Å². The number of hydrogen-bond acceptors (Lipinski definition) is 4. The number of methoxy groups -OCH3 is 1. The monoisotopic (exact) mass is 361 g/mol. The Morgan fingerprint density at radius 2 is 1.96 bits per heavy atom. The Labute approximate surface area is 153 Å². The third-order valence-electron chi connectivity index (χ3n) is 5.61. The largest absolute Gasteiger partial charge is 0.497 e. The van der Waals surface area contributed by atoms with Crippen molar-refractivity contribution < 1.29 is 24.2 Å². The molecule has 0 aliphatic heterocycles. The Balaban J connectivity index is 1.62. The van der Waals surface area contributed by atoms with Crippen molar-refractivity contribution in [3.63, 3.8) is 0 Å². The van der Waals surface area contributed by atoms with Gasteiger partial charge in [0.25, 0.3) is 0 Å². The number of hydrogen-bond donors (Lipinski definition) is 2. The van der Waals surface area contributed by atoms with E-state index in [2.05, 4.69) is 5.32 Å². The number of benzene rings is 1. The van der Waals surface area contributed by atoms with E-state index in [4.69, 9.17) is 9.47 Å². The highest BCUT2D eigenvalue weighted by Gasteiger charge is 2.45. The van der Waals surface area contributed by atoms with Crippen LogP contribution < -0.4 is 14.8 Å². The van der Waals surface area contributed by atoms with Gasteiger partial charge in [0, 0.05) is 24.6 Å². The molecule has 0 saturated heterocycles. The Hall–Kier alpha value is -2.24. The molecule has 2 saturated carbocycles. The second-order valence-corrected chi connectivity index (χ2v) is 7.39. The van der Waals surface area contributed by atoms with Crippen LogP contribution in [0.4, 0.5) is 0 Å². The van der Waals surface area contributed by atoms with Gasteiger partial charge in [0.2, 0.25) is 5.91 Å². The fourth-order valence-electron chi connectivity index (χ4n) is 3.74. The molecule has 2 aliphatic carbocycles. The zero-order valence-corrected chi connectivity index (χ0v) is 15.3. The first-order chi connectivity index (χ1) is 12.5. The normalized spacial score (nSPS) is 18.8. The van der Waals surface area contributed by atoms with Gasteiger partial charge in [0.05, 0.1) is 18.6 Å². The number of ether oxygens (including phenoxy) is 2. The minimum absolute atomic E-state index is 0.0390. The lowest BCUT2D eigenvalue weighted by Gasteiger charge is -2.36. The van der Waals surface area contributed by atoms with Gasteiger partial charge in [-0.1, -0.05) is 6.42 Å². The van der Waals surface area contributed by atoms with Crippen LogP contribution in [0.2, 0.25) is 0 Å². The first-order valence-corrected chi connectivity index (χ1v) is 9.36. The highest BCUT2D eigenvalue weighted by molar-refractivity contribution is 5.85. The number of rotatable bonds is 8. The van der Waals surface area contributed by atoms with E-state index in [-0.39, 0.29) is 18.4 Å². The van der Waals surface area contributed by atoms with Crippen LogP contribution in [0.5, 0.6) is 11.5 Å². The molecule has 6 nitrogen and oxygen atoms in total. The Morgan fingerprint density at radius 3 is 2.54 bits per heavy atom. The first-order valence-electron chi connectivity index (χ1n) is 9.36. The summed E-state index contributed by atoms with van der Waals surface area (Å²) in [5.41, 5.74) is 0.0108. The molecule has 26 heavy (non-hydrogen) atoms. The second-order valence-electron chi connectivity index (χ2n) is 7.39. The number of amides is 1. The third kappa shape index (κ3) is 4.11. The van der Waals surface area contributed by atoms with Crippen LogP contribution in [0.25, 0.3) is 0 Å². The van der Waals surface area contributed by atoms with E-state index in [1.165, 1.54) is 12.8 Å². The summed E-state index contributed by atoms with van der Waals surface area (Å²) < 4.78 is 11.4. The van der Waals surface area contributed by atoms with Gasteiger partial charge in [0.1, 0.15) is 11.5 Å². The number of nitrogens with one attached hydrogen (secondary N) is 1. The molecule has 1 aromatic carbocycles. The van der Waals surface area contributed by atoms with E-state index >= 15 is 0 Å². The predicted molar refractivity (Wildman–Crippen MR) is 96.3 cm³/mol. The summed E-state index contributed by atoms with van der Waals surface area (Å²) >= 11 is 0. The molecule has 0 atom stereocenters. The maximum Gasteiger partial charge on any atom is 0.310 e. The molecule has 1 amide bonds. The van der Waals surface area contributed by atoms with Gasteiger partial charge >= 0.3 is 5.97 Å². The molecule has 0 radical (unpaired) electrons. The molecule has 1 aromatic rings. The zero-order chi connectivity index (χ0) is 18.6. The lowest BCUT2D eigenvalue weighted by Crippen LogP contribution is -2.42. The Bertz CT molecular complexity index is 662. The van der Waals surface area contributed by atoms with Crippen molar-refractivity contribution in [2.75, 3.05) is 7.11 Å². The number of aliphatic carboxylic acids is 1. The topological polar surface area (TPSA) is 84.9 Å². The van der Waals surface area contributed by atoms with E-state index in [1.54, 1.807) is 7.11 Å². The zero-order valence-electron chi connectivity index (χ0n) is 15.3. The standard InChI is InChI=1S/C20H27NO5/c1-25-16-8-7-14(17(11-16)26-15-5-2-3-6-15)13-21-18(22)12-20(19(23)24)9-4-10-20/h7-8,11,15H,2-6,9-10,12-13H2,1H3,(H,21,22)(H,23,24). The fraction of sp³-hybridized carbons (Fsp3) is 0.600. The predicted octanol–water partition coefficient (Wildman–Crippen LogP) is 3.28. The van der Waals surface area contributed by atoms with Gasteiger partial charge in [-0.15, -0.1) is 0 Å². The average Bonchev–Trinajstić information content (AvgIpc) is 3.09. The van der Waals surface area contributed by atoms with Crippen LogP contribution in [-0.2, 0) is 16.1 Å². The van der Waals surface area contributed by atoms with Crippen molar-refractivity contribution >= 4 is 11.9 Å². The molecule has 0 aromatic heterocycles. The molecule has 2 fully saturated rings. The molecule has 0 bridgehead atoms. The van der Waals surface area contributed by atoms with Gasteiger partial charge in [-0.25, -0.2) is 0 Å². The summed E-state index contributed by atoms with van der Waals surface area (Å²) in [5.74, 6) is 0.351. The number of carboxylic acids is 1. The Morgan fingerprint density at radius 1 is 1.23 bits per heavy atom. The molecule has 142 valence electrons.